The Morgan fingerprint density at radius 3 is 2.73 bits per heavy atom. The van der Waals surface area contributed by atoms with Gasteiger partial charge in [0.05, 0.1) is 12.0 Å². The summed E-state index contributed by atoms with van der Waals surface area (Å²) < 4.78 is 5.40. The maximum Gasteiger partial charge on any atom is 0.329 e. The fourth-order valence-electron chi connectivity index (χ4n) is 2.91. The number of nitrogens with one attached hydrogen (secondary N) is 1. The first kappa shape index (κ1) is 20.6. The Bertz CT molecular complexity index is 621. The lowest BCUT2D eigenvalue weighted by Crippen LogP contribution is -2.48. The number of esters is 1. The number of para-hydroxylation sites is 1. The summed E-state index contributed by atoms with van der Waals surface area (Å²) in [6.07, 6.45) is 2.67. The van der Waals surface area contributed by atoms with Crippen LogP contribution in [0.3, 0.4) is 0 Å². The number of amides is 2. The van der Waals surface area contributed by atoms with Crippen LogP contribution >= 0.6 is 11.8 Å². The van der Waals surface area contributed by atoms with Gasteiger partial charge in [-0.05, 0) is 37.3 Å². The van der Waals surface area contributed by atoms with Gasteiger partial charge < -0.3 is 10.1 Å². The minimum Gasteiger partial charge on any atom is -0.464 e. The first-order chi connectivity index (χ1) is 12.4. The molecule has 0 aromatic heterocycles. The van der Waals surface area contributed by atoms with Gasteiger partial charge in [0, 0.05) is 11.4 Å². The Labute approximate surface area is 160 Å². The van der Waals surface area contributed by atoms with E-state index in [1.54, 1.807) is 16.7 Å². The van der Waals surface area contributed by atoms with E-state index in [1.165, 1.54) is 0 Å². The Balaban J connectivity index is 2.14. The number of carbonyl (C=O) groups is 2. The van der Waals surface area contributed by atoms with Gasteiger partial charge in [0.2, 0.25) is 0 Å². The van der Waals surface area contributed by atoms with Crippen molar-refractivity contribution in [2.24, 2.45) is 5.92 Å². The van der Waals surface area contributed by atoms with Crippen molar-refractivity contribution in [1.82, 2.24) is 4.90 Å². The van der Waals surface area contributed by atoms with E-state index in [-0.39, 0.29) is 17.4 Å². The van der Waals surface area contributed by atoms with Crippen LogP contribution in [0.25, 0.3) is 0 Å². The Morgan fingerprint density at radius 1 is 1.35 bits per heavy atom. The number of hydrogen-bond donors (Lipinski definition) is 1. The summed E-state index contributed by atoms with van der Waals surface area (Å²) in [5.74, 6) is 0.733. The van der Waals surface area contributed by atoms with Crippen LogP contribution in [-0.2, 0) is 9.53 Å². The van der Waals surface area contributed by atoms with Gasteiger partial charge in [-0.2, -0.15) is 0 Å². The van der Waals surface area contributed by atoms with E-state index in [4.69, 9.17) is 4.74 Å². The number of urea groups is 1. The zero-order valence-electron chi connectivity index (χ0n) is 16.2. The minimum atomic E-state index is -0.523. The predicted molar refractivity (Wildman–Crippen MR) is 107 cm³/mol. The number of benzene rings is 1. The Hall–Kier alpha value is -1.69. The van der Waals surface area contributed by atoms with Crippen LogP contribution in [0.2, 0.25) is 0 Å². The summed E-state index contributed by atoms with van der Waals surface area (Å²) >= 11 is 1.66. The molecule has 6 heteroatoms. The fourth-order valence-corrected chi connectivity index (χ4v) is 4.53. The van der Waals surface area contributed by atoms with Crippen LogP contribution in [0, 0.1) is 12.8 Å². The molecule has 0 bridgehead atoms. The number of unbranched alkanes of at least 4 members (excludes halogenated alkanes) is 1. The van der Waals surface area contributed by atoms with E-state index < -0.39 is 6.04 Å². The highest BCUT2D eigenvalue weighted by Gasteiger charge is 2.42. The van der Waals surface area contributed by atoms with Crippen LogP contribution < -0.4 is 5.32 Å². The number of hydrogen-bond acceptors (Lipinski definition) is 4. The standard InChI is InChI=1S/C20H30N2O3S/c1-5-6-11-25-19(23)17-13-26-18(12-14(2)3)22(17)20(24)21-16-10-8-7-9-15(16)4/h7-10,14,17-18H,5-6,11-13H2,1-4H3,(H,21,24)/t17-,18-/m1/s1. The summed E-state index contributed by atoms with van der Waals surface area (Å²) in [4.78, 5) is 27.2. The number of ether oxygens (including phenoxy) is 1. The van der Waals surface area contributed by atoms with Crippen molar-refractivity contribution >= 4 is 29.4 Å². The molecule has 1 aromatic rings. The summed E-state index contributed by atoms with van der Waals surface area (Å²) in [5.41, 5.74) is 1.77. The number of anilines is 1. The van der Waals surface area contributed by atoms with Crippen LogP contribution in [-0.4, -0.2) is 40.7 Å². The molecule has 2 amide bonds. The van der Waals surface area contributed by atoms with E-state index in [2.05, 4.69) is 26.1 Å². The smallest absolute Gasteiger partial charge is 0.329 e. The highest BCUT2D eigenvalue weighted by molar-refractivity contribution is 8.00. The molecule has 0 radical (unpaired) electrons. The normalized spacial score (nSPS) is 19.7. The molecule has 2 atom stereocenters. The van der Waals surface area contributed by atoms with Crippen LogP contribution in [0.5, 0.6) is 0 Å². The van der Waals surface area contributed by atoms with E-state index in [0.717, 1.165) is 30.5 Å². The largest absolute Gasteiger partial charge is 0.464 e. The average molecular weight is 379 g/mol. The maximum absolute atomic E-state index is 13.0. The lowest BCUT2D eigenvalue weighted by atomic mass is 10.1. The molecule has 1 aromatic carbocycles. The molecule has 0 spiro atoms. The van der Waals surface area contributed by atoms with Crippen molar-refractivity contribution in [3.05, 3.63) is 29.8 Å². The molecule has 0 unspecified atom stereocenters. The second-order valence-corrected chi connectivity index (χ2v) is 8.32. The van der Waals surface area contributed by atoms with Gasteiger partial charge in [-0.15, -0.1) is 11.8 Å². The lowest BCUT2D eigenvalue weighted by Gasteiger charge is -2.29. The van der Waals surface area contributed by atoms with Gasteiger partial charge >= 0.3 is 12.0 Å². The molecule has 1 saturated heterocycles. The first-order valence-electron chi connectivity index (χ1n) is 9.37. The van der Waals surface area contributed by atoms with Crippen molar-refractivity contribution in [3.63, 3.8) is 0 Å². The second kappa shape index (κ2) is 9.86. The zero-order chi connectivity index (χ0) is 19.1. The van der Waals surface area contributed by atoms with Gasteiger partial charge in [0.25, 0.3) is 0 Å². The third-order valence-electron chi connectivity index (χ3n) is 4.40. The monoisotopic (exact) mass is 378 g/mol. The van der Waals surface area contributed by atoms with Gasteiger partial charge in [-0.3, -0.25) is 4.90 Å². The fraction of sp³-hybridized carbons (Fsp3) is 0.600. The van der Waals surface area contributed by atoms with Crippen molar-refractivity contribution in [3.8, 4) is 0 Å². The van der Waals surface area contributed by atoms with Gasteiger partial charge in [0.1, 0.15) is 6.04 Å². The van der Waals surface area contributed by atoms with E-state index >= 15 is 0 Å². The molecule has 0 aliphatic carbocycles. The Morgan fingerprint density at radius 2 is 2.08 bits per heavy atom. The predicted octanol–water partition coefficient (Wildman–Crippen LogP) is 4.66. The van der Waals surface area contributed by atoms with Gasteiger partial charge in [0.15, 0.2) is 0 Å². The number of rotatable bonds is 7. The molecule has 1 fully saturated rings. The van der Waals surface area contributed by atoms with E-state index in [0.29, 0.717) is 18.3 Å². The molecule has 1 heterocycles. The Kier molecular flexibility index (Phi) is 7.82. The molecule has 26 heavy (non-hydrogen) atoms. The zero-order valence-corrected chi connectivity index (χ0v) is 17.0. The summed E-state index contributed by atoms with van der Waals surface area (Å²) in [6.45, 7) is 8.69. The molecule has 1 aliphatic heterocycles. The van der Waals surface area contributed by atoms with Crippen molar-refractivity contribution in [1.29, 1.82) is 0 Å². The topological polar surface area (TPSA) is 58.6 Å². The summed E-state index contributed by atoms with van der Waals surface area (Å²) in [5, 5.41) is 2.96. The SMILES string of the molecule is CCCCOC(=O)[C@H]1CS[C@H](CC(C)C)N1C(=O)Nc1ccccc1C. The first-order valence-corrected chi connectivity index (χ1v) is 10.4. The quantitative estimate of drug-likeness (QED) is 0.554. The number of nitrogens with zero attached hydrogens (tertiary/aromatic N) is 1. The molecule has 2 rings (SSSR count). The molecule has 5 nitrogen and oxygen atoms in total. The highest BCUT2D eigenvalue weighted by Crippen LogP contribution is 2.34. The summed E-state index contributed by atoms with van der Waals surface area (Å²) in [6, 6.07) is 6.91. The second-order valence-electron chi connectivity index (χ2n) is 7.11. The van der Waals surface area contributed by atoms with Crippen LogP contribution in [0.1, 0.15) is 45.6 Å². The molecule has 0 saturated carbocycles. The molecule has 144 valence electrons. The number of carbonyl (C=O) groups excluding carboxylic acids is 2. The van der Waals surface area contributed by atoms with E-state index in [9.17, 15) is 9.59 Å². The van der Waals surface area contributed by atoms with Crippen molar-refractivity contribution in [2.75, 3.05) is 17.7 Å². The van der Waals surface area contributed by atoms with Crippen LogP contribution in [0.15, 0.2) is 24.3 Å². The van der Waals surface area contributed by atoms with Crippen LogP contribution in [0.4, 0.5) is 10.5 Å². The summed E-state index contributed by atoms with van der Waals surface area (Å²) in [7, 11) is 0. The van der Waals surface area contributed by atoms with Gasteiger partial charge in [-0.1, -0.05) is 45.4 Å². The molecule has 1 aliphatic rings. The molecular weight excluding hydrogens is 348 g/mol. The molecule has 1 N–H and O–H groups in total. The molecular formula is C20H30N2O3S. The van der Waals surface area contributed by atoms with Crippen molar-refractivity contribution < 1.29 is 14.3 Å². The third kappa shape index (κ3) is 5.40. The average Bonchev–Trinajstić information content (AvgIpc) is 3.00. The number of aryl methyl sites for hydroxylation is 1. The minimum absolute atomic E-state index is 0.0113. The maximum atomic E-state index is 13.0. The van der Waals surface area contributed by atoms with Gasteiger partial charge in [-0.25, -0.2) is 9.59 Å². The van der Waals surface area contributed by atoms with Crippen molar-refractivity contribution in [2.45, 2.75) is 58.4 Å². The highest BCUT2D eigenvalue weighted by atomic mass is 32.2. The third-order valence-corrected chi connectivity index (χ3v) is 5.71. The number of thioether (sulfide) groups is 1. The van der Waals surface area contributed by atoms with E-state index in [1.807, 2.05) is 31.2 Å². The lowest BCUT2D eigenvalue weighted by molar-refractivity contribution is -0.148.